The lowest BCUT2D eigenvalue weighted by Crippen LogP contribution is -2.21. The molecule has 1 atom stereocenters. The van der Waals surface area contributed by atoms with E-state index in [0.717, 1.165) is 30.8 Å². The number of hydrogen-bond acceptors (Lipinski definition) is 3. The summed E-state index contributed by atoms with van der Waals surface area (Å²) in [5.74, 6) is 2.89. The summed E-state index contributed by atoms with van der Waals surface area (Å²) in [5, 5.41) is 5.29. The van der Waals surface area contributed by atoms with Crippen LogP contribution >= 0.6 is 31.9 Å². The van der Waals surface area contributed by atoms with E-state index in [2.05, 4.69) is 55.2 Å². The molecule has 0 radical (unpaired) electrons. The van der Waals surface area contributed by atoms with Crippen LogP contribution in [0.4, 0.5) is 10.1 Å². The molecule has 0 aliphatic carbocycles. The summed E-state index contributed by atoms with van der Waals surface area (Å²) in [6.45, 7) is 0.471. The maximum absolute atomic E-state index is 15.3. The number of halogens is 3. The first kappa shape index (κ1) is 26.0. The van der Waals surface area contributed by atoms with Gasteiger partial charge in [-0.15, -0.1) is 6.42 Å². The Kier molecular flexibility index (Phi) is 7.82. The van der Waals surface area contributed by atoms with Crippen LogP contribution in [0.25, 0.3) is 21.8 Å². The highest BCUT2D eigenvalue weighted by Crippen LogP contribution is 2.33. The van der Waals surface area contributed by atoms with Crippen LogP contribution in [0.5, 0.6) is 5.75 Å². The van der Waals surface area contributed by atoms with Gasteiger partial charge in [-0.05, 0) is 72.8 Å². The highest BCUT2D eigenvalue weighted by Gasteiger charge is 2.16. The van der Waals surface area contributed by atoms with Crippen LogP contribution in [-0.2, 0) is 6.54 Å². The Balaban J connectivity index is 1.29. The molecule has 5 aromatic rings. The lowest BCUT2D eigenvalue weighted by atomic mass is 10.0. The van der Waals surface area contributed by atoms with Crippen LogP contribution in [0.3, 0.4) is 0 Å². The molecule has 0 bridgehead atoms. The van der Waals surface area contributed by atoms with Gasteiger partial charge in [-0.25, -0.2) is 4.39 Å². The predicted octanol–water partition coefficient (Wildman–Crippen LogP) is 8.01. The number of alkyl halides is 1. The first-order valence-corrected chi connectivity index (χ1v) is 13.6. The Morgan fingerprint density at radius 2 is 1.58 bits per heavy atom. The summed E-state index contributed by atoms with van der Waals surface area (Å²) in [5.41, 5.74) is 3.69. The van der Waals surface area contributed by atoms with Crippen molar-refractivity contribution in [1.82, 2.24) is 4.57 Å². The maximum Gasteiger partial charge on any atom is 0.193 e. The van der Waals surface area contributed by atoms with Crippen molar-refractivity contribution in [1.29, 1.82) is 0 Å². The molecule has 1 unspecified atom stereocenters. The smallest absolute Gasteiger partial charge is 0.193 e. The second-order valence-electron chi connectivity index (χ2n) is 8.84. The number of nitrogens with zero attached hydrogens (tertiary/aromatic N) is 1. The Hall–Kier alpha value is -3.60. The average molecular weight is 634 g/mol. The highest BCUT2D eigenvalue weighted by atomic mass is 79.9. The van der Waals surface area contributed by atoms with Gasteiger partial charge < -0.3 is 14.6 Å². The Morgan fingerprint density at radius 1 is 0.921 bits per heavy atom. The van der Waals surface area contributed by atoms with Crippen molar-refractivity contribution < 1.29 is 13.9 Å². The van der Waals surface area contributed by atoms with Gasteiger partial charge in [0.2, 0.25) is 0 Å². The first-order chi connectivity index (χ1) is 18.4. The van der Waals surface area contributed by atoms with E-state index in [0.29, 0.717) is 22.6 Å². The van der Waals surface area contributed by atoms with Crippen molar-refractivity contribution in [3.05, 3.63) is 105 Å². The van der Waals surface area contributed by atoms with E-state index in [1.807, 2.05) is 34.9 Å². The average Bonchev–Trinajstić information content (AvgIpc) is 3.22. The van der Waals surface area contributed by atoms with Gasteiger partial charge in [0.05, 0.1) is 6.54 Å². The lowest BCUT2D eigenvalue weighted by Gasteiger charge is -2.14. The fraction of sp³-hybridized carbons (Fsp3) is 0.129. The molecule has 5 rings (SSSR count). The molecule has 0 aliphatic rings. The number of benzene rings is 4. The molecule has 7 heteroatoms. The normalized spacial score (nSPS) is 11.8. The summed E-state index contributed by atoms with van der Waals surface area (Å²) in [6, 6.07) is 26.0. The molecule has 0 amide bonds. The summed E-state index contributed by atoms with van der Waals surface area (Å²) in [6.07, 6.45) is 4.06. The Morgan fingerprint density at radius 3 is 2.21 bits per heavy atom. The Labute approximate surface area is 237 Å². The fourth-order valence-electron chi connectivity index (χ4n) is 4.50. The minimum atomic E-state index is -1.16. The van der Waals surface area contributed by atoms with E-state index >= 15 is 4.39 Å². The standard InChI is InChI=1S/C31H23Br2FN2O2/c1-2-14-38-26-10-6-20(7-11-26)31(37)21-4-3-5-25(15-21)35-18-24(34)19-36-29-12-8-22(32)16-27(29)28-17-23(33)9-13-30(28)36/h1,3-13,15-17,24,35H,14,18-19H2. The van der Waals surface area contributed by atoms with Crippen LogP contribution in [0.1, 0.15) is 15.9 Å². The van der Waals surface area contributed by atoms with Crippen molar-refractivity contribution in [3.63, 3.8) is 0 Å². The number of ketones is 1. The van der Waals surface area contributed by atoms with E-state index in [1.54, 1.807) is 42.5 Å². The number of hydrogen-bond donors (Lipinski definition) is 1. The third kappa shape index (κ3) is 5.62. The fourth-order valence-corrected chi connectivity index (χ4v) is 5.22. The minimum absolute atomic E-state index is 0.104. The number of nitrogens with one attached hydrogen (secondary N) is 1. The van der Waals surface area contributed by atoms with Gasteiger partial charge in [0.15, 0.2) is 5.78 Å². The van der Waals surface area contributed by atoms with Gasteiger partial charge in [0.1, 0.15) is 18.5 Å². The van der Waals surface area contributed by atoms with Gasteiger partial charge in [0.25, 0.3) is 0 Å². The molecule has 1 heterocycles. The van der Waals surface area contributed by atoms with Crippen molar-refractivity contribution in [2.75, 3.05) is 18.5 Å². The van der Waals surface area contributed by atoms with E-state index in [-0.39, 0.29) is 25.5 Å². The molecule has 0 saturated carbocycles. The van der Waals surface area contributed by atoms with Crippen molar-refractivity contribution in [2.24, 2.45) is 0 Å². The van der Waals surface area contributed by atoms with E-state index in [4.69, 9.17) is 11.2 Å². The maximum atomic E-state index is 15.3. The van der Waals surface area contributed by atoms with Crippen LogP contribution in [0, 0.1) is 12.3 Å². The quantitative estimate of drug-likeness (QED) is 0.132. The number of anilines is 1. The zero-order valence-corrected chi connectivity index (χ0v) is 23.4. The summed E-state index contributed by atoms with van der Waals surface area (Å²) in [4.78, 5) is 13.0. The molecule has 190 valence electrons. The number of aromatic nitrogens is 1. The number of fused-ring (bicyclic) bond motifs is 3. The molecule has 4 aromatic carbocycles. The summed E-state index contributed by atoms with van der Waals surface area (Å²) in [7, 11) is 0. The molecule has 4 nitrogen and oxygen atoms in total. The molecular weight excluding hydrogens is 611 g/mol. The molecule has 0 saturated heterocycles. The lowest BCUT2D eigenvalue weighted by molar-refractivity contribution is 0.103. The topological polar surface area (TPSA) is 43.3 Å². The van der Waals surface area contributed by atoms with E-state index < -0.39 is 6.17 Å². The zero-order valence-electron chi connectivity index (χ0n) is 20.3. The van der Waals surface area contributed by atoms with Crippen LogP contribution < -0.4 is 10.1 Å². The monoisotopic (exact) mass is 632 g/mol. The van der Waals surface area contributed by atoms with Crippen LogP contribution in [-0.4, -0.2) is 29.7 Å². The molecule has 1 N–H and O–H groups in total. The van der Waals surface area contributed by atoms with E-state index in [9.17, 15) is 4.79 Å². The van der Waals surface area contributed by atoms with Gasteiger partial charge in [-0.1, -0.05) is 49.9 Å². The second kappa shape index (κ2) is 11.4. The van der Waals surface area contributed by atoms with Crippen molar-refractivity contribution >= 4 is 65.1 Å². The molecule has 0 spiro atoms. The van der Waals surface area contributed by atoms with Crippen molar-refractivity contribution in [2.45, 2.75) is 12.7 Å². The van der Waals surface area contributed by atoms with Crippen LogP contribution in [0.15, 0.2) is 93.9 Å². The first-order valence-electron chi connectivity index (χ1n) is 12.0. The number of carbonyl (C=O) groups excluding carboxylic acids is 1. The highest BCUT2D eigenvalue weighted by molar-refractivity contribution is 9.10. The third-order valence-corrected chi connectivity index (χ3v) is 7.25. The van der Waals surface area contributed by atoms with Gasteiger partial charge in [-0.3, -0.25) is 4.79 Å². The SMILES string of the molecule is C#CCOc1ccc(C(=O)c2cccc(NCC(F)Cn3c4ccc(Br)cc4c4cc(Br)ccc43)c2)cc1. The number of carbonyl (C=O) groups is 1. The molecule has 1 aromatic heterocycles. The number of rotatable bonds is 9. The summed E-state index contributed by atoms with van der Waals surface area (Å²) >= 11 is 7.10. The van der Waals surface area contributed by atoms with Crippen molar-refractivity contribution in [3.8, 4) is 18.1 Å². The number of terminal acetylenes is 1. The van der Waals surface area contributed by atoms with Gasteiger partial charge in [0, 0.05) is 54.1 Å². The summed E-state index contributed by atoms with van der Waals surface area (Å²) < 4.78 is 24.7. The molecule has 0 fully saturated rings. The van der Waals surface area contributed by atoms with E-state index in [1.165, 1.54) is 0 Å². The molecule has 38 heavy (non-hydrogen) atoms. The second-order valence-corrected chi connectivity index (χ2v) is 10.7. The zero-order chi connectivity index (χ0) is 26.6. The molecular formula is C31H23Br2FN2O2. The predicted molar refractivity (Wildman–Crippen MR) is 159 cm³/mol. The van der Waals surface area contributed by atoms with Gasteiger partial charge >= 0.3 is 0 Å². The molecule has 0 aliphatic heterocycles. The van der Waals surface area contributed by atoms with Gasteiger partial charge in [-0.2, -0.15) is 0 Å². The minimum Gasteiger partial charge on any atom is -0.481 e. The third-order valence-electron chi connectivity index (χ3n) is 6.26. The number of ether oxygens (including phenoxy) is 1. The van der Waals surface area contributed by atoms with Crippen LogP contribution in [0.2, 0.25) is 0 Å². The largest absolute Gasteiger partial charge is 0.481 e. The Bertz CT molecular complexity index is 1610.